The number of piperazine rings is 3. The minimum Gasteiger partial charge on any atom is -0.379 e. The smallest absolute Gasteiger partial charge is 0.0700 e. The first-order valence-electron chi connectivity index (χ1n) is 40.5. The Morgan fingerprint density at radius 3 is 1.16 bits per heavy atom. The average molecular weight is 1410 g/mol. The number of likely N-dealkylation sites (tertiary alicyclic amines) is 1. The third kappa shape index (κ3) is 53.7. The van der Waals surface area contributed by atoms with Crippen LogP contribution in [0, 0.1) is 22.2 Å². The number of hydrogen-bond donors (Lipinski definition) is 0. The molecule has 5 aliphatic heterocycles. The van der Waals surface area contributed by atoms with Crippen LogP contribution >= 0.6 is 0 Å². The molecule has 0 bridgehead atoms. The molecule has 6 rings (SSSR count). The second-order valence-electron chi connectivity index (χ2n) is 38.9. The van der Waals surface area contributed by atoms with Gasteiger partial charge in [-0.2, -0.15) is 0 Å². The summed E-state index contributed by atoms with van der Waals surface area (Å²) in [6.07, 6.45) is 15.6. The number of piperidine rings is 1. The van der Waals surface area contributed by atoms with Crippen LogP contribution in [0.3, 0.4) is 0 Å². The molecule has 1 saturated carbocycles. The number of nitrogens with zero attached hydrogens (tertiary/aromatic N) is 9. The van der Waals surface area contributed by atoms with E-state index in [1.807, 2.05) is 0 Å². The minimum absolute atomic E-state index is 0.000585. The van der Waals surface area contributed by atoms with E-state index < -0.39 is 0 Å². The molecule has 0 aromatic heterocycles. The average Bonchev–Trinajstić information content (AvgIpc) is 0.855. The third-order valence-electron chi connectivity index (χ3n) is 18.6. The van der Waals surface area contributed by atoms with Crippen molar-refractivity contribution in [1.29, 1.82) is 0 Å². The lowest BCUT2D eigenvalue weighted by Gasteiger charge is -2.39. The van der Waals surface area contributed by atoms with Gasteiger partial charge in [-0.05, 0) is 229 Å². The molecule has 1 atom stereocenters. The van der Waals surface area contributed by atoms with Crippen LogP contribution < -0.4 is 0 Å². The lowest BCUT2D eigenvalue weighted by atomic mass is 9.81. The van der Waals surface area contributed by atoms with Gasteiger partial charge < -0.3 is 67.3 Å². The zero-order valence-corrected chi connectivity index (χ0v) is 70.3. The fourth-order valence-electron chi connectivity index (χ4n) is 13.7. The Morgan fingerprint density at radius 1 is 0.293 bits per heavy atom. The molecule has 0 aromatic carbocycles. The van der Waals surface area contributed by atoms with Crippen molar-refractivity contribution in [3.63, 3.8) is 0 Å². The van der Waals surface area contributed by atoms with Gasteiger partial charge in [-0.3, -0.25) is 14.7 Å². The summed E-state index contributed by atoms with van der Waals surface area (Å²) in [7, 11) is 0. The molecule has 6 aliphatic rings. The van der Waals surface area contributed by atoms with Crippen molar-refractivity contribution in [2.75, 3.05) is 230 Å². The van der Waals surface area contributed by atoms with E-state index in [0.717, 1.165) is 111 Å². The molecular formula is C82H169N9O8. The predicted octanol–water partition coefficient (Wildman–Crippen LogP) is 14.0. The Balaban J connectivity index is 0.000000357. The molecule has 0 amide bonds. The summed E-state index contributed by atoms with van der Waals surface area (Å²) in [6.45, 7) is 90.9. The highest BCUT2D eigenvalue weighted by molar-refractivity contribution is 4.85. The van der Waals surface area contributed by atoms with E-state index in [0.29, 0.717) is 36.3 Å². The SMILES string of the molecule is CC(C)(C)CC1CCCN(CCOC(C)(C)C)C1.CC(C)(C)CN1CCCN(CCOC(C)(C)C)C1.CC(C)(C)COCCOCCCN1CCN(CCCN2CCN(CCCOC(C)(C)C)CC2)CC1.CC(C)(C)OCCCCCN1CCN(CCOC2CC(OC(C)(C)C)C2)CC1. The first kappa shape index (κ1) is 92.5. The first-order chi connectivity index (χ1) is 46.0. The summed E-state index contributed by atoms with van der Waals surface area (Å²) < 4.78 is 46.7. The Hall–Kier alpha value is -0.680. The van der Waals surface area contributed by atoms with Crippen LogP contribution in [-0.2, 0) is 37.9 Å². The summed E-state index contributed by atoms with van der Waals surface area (Å²) in [5.41, 5.74) is 1.04. The zero-order valence-electron chi connectivity index (χ0n) is 70.3. The molecular weight excluding hydrogens is 1240 g/mol. The highest BCUT2D eigenvalue weighted by Gasteiger charge is 2.34. The van der Waals surface area contributed by atoms with Gasteiger partial charge in [0.1, 0.15) is 0 Å². The summed E-state index contributed by atoms with van der Waals surface area (Å²) in [5.74, 6) is 0.883. The van der Waals surface area contributed by atoms with Gasteiger partial charge in [0, 0.05) is 157 Å². The highest BCUT2D eigenvalue weighted by atomic mass is 16.5. The molecule has 5 saturated heterocycles. The van der Waals surface area contributed by atoms with E-state index in [1.54, 1.807) is 0 Å². The second-order valence-corrected chi connectivity index (χ2v) is 38.9. The van der Waals surface area contributed by atoms with Gasteiger partial charge in [-0.1, -0.05) is 62.3 Å². The topological polar surface area (TPSA) is 103 Å². The molecule has 99 heavy (non-hydrogen) atoms. The molecule has 0 aromatic rings. The maximum absolute atomic E-state index is 6.03. The van der Waals surface area contributed by atoms with Crippen molar-refractivity contribution in [3.05, 3.63) is 0 Å². The molecule has 0 N–H and O–H groups in total. The van der Waals surface area contributed by atoms with Crippen molar-refractivity contribution in [2.24, 2.45) is 22.2 Å². The van der Waals surface area contributed by atoms with Crippen molar-refractivity contribution in [1.82, 2.24) is 44.1 Å². The van der Waals surface area contributed by atoms with Crippen LogP contribution in [0.2, 0.25) is 0 Å². The fourth-order valence-corrected chi connectivity index (χ4v) is 13.7. The van der Waals surface area contributed by atoms with Gasteiger partial charge in [0.05, 0.1) is 86.5 Å². The van der Waals surface area contributed by atoms with Crippen molar-refractivity contribution in [3.8, 4) is 0 Å². The summed E-state index contributed by atoms with van der Waals surface area (Å²) in [5, 5.41) is 0. The molecule has 17 nitrogen and oxygen atoms in total. The molecule has 1 aliphatic carbocycles. The van der Waals surface area contributed by atoms with Crippen LogP contribution in [0.1, 0.15) is 243 Å². The standard InChI is InChI=1S/C28H58N4O3.C23H46N2O3.C16H33NO.C15H32N2O/c1-27(2,3)26-34-25-24-33-22-8-12-31-18-14-29(15-19-31)10-7-11-30-16-20-32(21-17-30)13-9-23-35-28(4,5)6;1-22(2,3)27-16-9-7-8-10-24-11-13-25(14-12-24)15-17-26-20-18-21(19-20)28-23(4,5)6;1-15(2,3)12-14-8-7-9-17(13-14)10-11-18-16(4,5)6;1-14(2,3)12-17-9-7-8-16(13-17)10-11-18-15(4,5)6/h7-26H2,1-6H3;20-21H,7-19H2,1-6H3;14H,7-13H2,1-6H3;7-13H2,1-6H3. The summed E-state index contributed by atoms with van der Waals surface area (Å²) >= 11 is 0. The van der Waals surface area contributed by atoms with Crippen LogP contribution in [-0.4, -0.2) is 314 Å². The van der Waals surface area contributed by atoms with Crippen LogP contribution in [0.15, 0.2) is 0 Å². The number of ether oxygens (including phenoxy) is 8. The first-order valence-corrected chi connectivity index (χ1v) is 40.5. The van der Waals surface area contributed by atoms with Crippen LogP contribution in [0.5, 0.6) is 0 Å². The van der Waals surface area contributed by atoms with Gasteiger partial charge >= 0.3 is 0 Å². The Morgan fingerprint density at radius 2 is 0.697 bits per heavy atom. The van der Waals surface area contributed by atoms with E-state index in [2.05, 4.69) is 210 Å². The molecule has 5 heterocycles. The predicted molar refractivity (Wildman–Crippen MR) is 419 cm³/mol. The number of unbranched alkanes of at least 4 members (excludes halogenated alkanes) is 2. The van der Waals surface area contributed by atoms with Crippen LogP contribution in [0.4, 0.5) is 0 Å². The molecule has 0 radical (unpaired) electrons. The second kappa shape index (κ2) is 47.2. The Labute approximate surface area is 614 Å². The van der Waals surface area contributed by atoms with E-state index in [9.17, 15) is 0 Å². The van der Waals surface area contributed by atoms with Crippen molar-refractivity contribution >= 4 is 0 Å². The Kier molecular flexibility index (Phi) is 44.1. The lowest BCUT2D eigenvalue weighted by Crippen LogP contribution is -2.49. The molecule has 17 heteroatoms. The Bertz CT molecular complexity index is 1900. The fraction of sp³-hybridized carbons (Fsp3) is 1.00. The van der Waals surface area contributed by atoms with E-state index >= 15 is 0 Å². The highest BCUT2D eigenvalue weighted by Crippen LogP contribution is 2.31. The number of hydrogen-bond acceptors (Lipinski definition) is 17. The van der Waals surface area contributed by atoms with Crippen molar-refractivity contribution < 1.29 is 37.9 Å². The normalized spacial score (nSPS) is 22.1. The molecule has 1 unspecified atom stereocenters. The minimum atomic E-state index is -0.0322. The van der Waals surface area contributed by atoms with Crippen LogP contribution in [0.25, 0.3) is 0 Å². The quantitative estimate of drug-likeness (QED) is 0.0562. The monoisotopic (exact) mass is 1410 g/mol. The van der Waals surface area contributed by atoms with Gasteiger partial charge in [0.15, 0.2) is 0 Å². The maximum atomic E-state index is 6.03. The maximum Gasteiger partial charge on any atom is 0.0700 e. The summed E-state index contributed by atoms with van der Waals surface area (Å²) in [4.78, 5) is 23.4. The summed E-state index contributed by atoms with van der Waals surface area (Å²) in [6, 6.07) is 0. The lowest BCUT2D eigenvalue weighted by molar-refractivity contribution is -0.149. The molecule has 590 valence electrons. The zero-order chi connectivity index (χ0) is 73.8. The van der Waals surface area contributed by atoms with E-state index in [1.165, 1.54) is 189 Å². The van der Waals surface area contributed by atoms with Gasteiger partial charge in [-0.25, -0.2) is 0 Å². The van der Waals surface area contributed by atoms with Gasteiger partial charge in [0.2, 0.25) is 0 Å². The van der Waals surface area contributed by atoms with Gasteiger partial charge in [0.25, 0.3) is 0 Å². The molecule has 0 spiro atoms. The number of rotatable bonds is 35. The van der Waals surface area contributed by atoms with E-state index in [4.69, 9.17) is 37.9 Å². The molecule has 6 fully saturated rings. The third-order valence-corrected chi connectivity index (χ3v) is 18.6. The largest absolute Gasteiger partial charge is 0.379 e. The van der Waals surface area contributed by atoms with Crippen molar-refractivity contribution in [2.45, 2.75) is 283 Å². The van der Waals surface area contributed by atoms with Gasteiger partial charge in [-0.15, -0.1) is 0 Å². The van der Waals surface area contributed by atoms with E-state index in [-0.39, 0.29) is 33.4 Å².